The molecule has 2 amide bonds. The van der Waals surface area contributed by atoms with Crippen molar-refractivity contribution < 1.29 is 19.1 Å². The first-order valence-corrected chi connectivity index (χ1v) is 9.38. The second-order valence-corrected chi connectivity index (χ2v) is 8.06. The van der Waals surface area contributed by atoms with Crippen LogP contribution in [0.4, 0.5) is 10.1 Å². The van der Waals surface area contributed by atoms with Crippen molar-refractivity contribution in [3.8, 4) is 0 Å². The SMILES string of the molecule is CC(C)(C(=O)Nc1cc(Cl)cc(Cl)c1)N1CC(O)C(c2ccccc2F)C1=O. The quantitative estimate of drug-likeness (QED) is 0.783. The number of anilines is 1. The van der Waals surface area contributed by atoms with E-state index in [1.165, 1.54) is 41.3 Å². The number of β-amino-alcohol motifs (C(OH)–C–C–N with tert-alkyl or cyclic N) is 1. The molecule has 0 radical (unpaired) electrons. The lowest BCUT2D eigenvalue weighted by Crippen LogP contribution is -2.53. The molecule has 148 valence electrons. The van der Waals surface area contributed by atoms with Crippen LogP contribution in [0.1, 0.15) is 25.3 Å². The molecule has 2 atom stereocenters. The maximum absolute atomic E-state index is 14.1. The molecule has 8 heteroatoms. The van der Waals surface area contributed by atoms with Gasteiger partial charge >= 0.3 is 0 Å². The van der Waals surface area contributed by atoms with Crippen molar-refractivity contribution in [2.45, 2.75) is 31.4 Å². The maximum atomic E-state index is 14.1. The normalized spacial score (nSPS) is 19.8. The Balaban J connectivity index is 1.84. The number of hydrogen-bond acceptors (Lipinski definition) is 3. The van der Waals surface area contributed by atoms with Crippen molar-refractivity contribution in [1.29, 1.82) is 0 Å². The van der Waals surface area contributed by atoms with Crippen LogP contribution in [0.15, 0.2) is 42.5 Å². The number of benzene rings is 2. The van der Waals surface area contributed by atoms with E-state index < -0.39 is 35.2 Å². The number of nitrogens with zero attached hydrogens (tertiary/aromatic N) is 1. The molecule has 0 aromatic heterocycles. The molecule has 2 N–H and O–H groups in total. The fourth-order valence-electron chi connectivity index (χ4n) is 3.32. The lowest BCUT2D eigenvalue weighted by Gasteiger charge is -2.34. The van der Waals surface area contributed by atoms with Crippen LogP contribution in [0.5, 0.6) is 0 Å². The molecule has 2 aromatic carbocycles. The Labute approximate surface area is 172 Å². The van der Waals surface area contributed by atoms with Gasteiger partial charge in [0.05, 0.1) is 12.0 Å². The minimum atomic E-state index is -1.30. The smallest absolute Gasteiger partial charge is 0.249 e. The van der Waals surface area contributed by atoms with Gasteiger partial charge in [0.25, 0.3) is 0 Å². The molecule has 2 aromatic rings. The van der Waals surface area contributed by atoms with E-state index in [1.54, 1.807) is 19.9 Å². The molecule has 1 heterocycles. The minimum Gasteiger partial charge on any atom is -0.390 e. The molecule has 1 saturated heterocycles. The molecular weight excluding hydrogens is 406 g/mol. The summed E-state index contributed by atoms with van der Waals surface area (Å²) in [6, 6.07) is 10.4. The van der Waals surface area contributed by atoms with Crippen LogP contribution in [0.2, 0.25) is 10.0 Å². The van der Waals surface area contributed by atoms with Gasteiger partial charge in [-0.1, -0.05) is 41.4 Å². The third-order valence-electron chi connectivity index (χ3n) is 4.88. The van der Waals surface area contributed by atoms with Crippen molar-refractivity contribution in [3.05, 3.63) is 63.9 Å². The van der Waals surface area contributed by atoms with Gasteiger partial charge in [-0.15, -0.1) is 0 Å². The summed E-state index contributed by atoms with van der Waals surface area (Å²) in [7, 11) is 0. The van der Waals surface area contributed by atoms with Crippen LogP contribution >= 0.6 is 23.2 Å². The number of carbonyl (C=O) groups excluding carboxylic acids is 2. The van der Waals surface area contributed by atoms with Crippen LogP contribution < -0.4 is 5.32 Å². The third kappa shape index (κ3) is 3.85. The van der Waals surface area contributed by atoms with Crippen molar-refractivity contribution in [2.24, 2.45) is 0 Å². The summed E-state index contributed by atoms with van der Waals surface area (Å²) in [6.07, 6.45) is -1.13. The third-order valence-corrected chi connectivity index (χ3v) is 5.31. The molecule has 28 heavy (non-hydrogen) atoms. The average molecular weight is 425 g/mol. The zero-order valence-corrected chi connectivity index (χ0v) is 16.8. The lowest BCUT2D eigenvalue weighted by molar-refractivity contribution is -0.140. The number of aliphatic hydroxyl groups excluding tert-OH is 1. The predicted molar refractivity (Wildman–Crippen MR) is 106 cm³/mol. The maximum Gasteiger partial charge on any atom is 0.249 e. The van der Waals surface area contributed by atoms with Gasteiger partial charge in [-0.2, -0.15) is 0 Å². The number of likely N-dealkylation sites (tertiary alicyclic amines) is 1. The Kier molecular flexibility index (Phi) is 5.66. The molecule has 1 aliphatic heterocycles. The number of amides is 2. The Morgan fingerprint density at radius 3 is 2.43 bits per heavy atom. The summed E-state index contributed by atoms with van der Waals surface area (Å²) < 4.78 is 14.1. The van der Waals surface area contributed by atoms with Gasteiger partial charge in [-0.3, -0.25) is 9.59 Å². The summed E-state index contributed by atoms with van der Waals surface area (Å²) in [4.78, 5) is 27.1. The first kappa shape index (κ1) is 20.6. The predicted octanol–water partition coefficient (Wildman–Crippen LogP) is 3.84. The Morgan fingerprint density at radius 1 is 1.21 bits per heavy atom. The molecule has 0 bridgehead atoms. The second kappa shape index (κ2) is 7.70. The van der Waals surface area contributed by atoms with Crippen molar-refractivity contribution in [2.75, 3.05) is 11.9 Å². The fraction of sp³-hybridized carbons (Fsp3) is 0.300. The molecule has 5 nitrogen and oxygen atoms in total. The van der Waals surface area contributed by atoms with Gasteiger partial charge in [0.15, 0.2) is 0 Å². The van der Waals surface area contributed by atoms with E-state index in [0.717, 1.165) is 0 Å². The molecule has 3 rings (SSSR count). The highest BCUT2D eigenvalue weighted by molar-refractivity contribution is 6.35. The number of nitrogens with one attached hydrogen (secondary N) is 1. The van der Waals surface area contributed by atoms with E-state index >= 15 is 0 Å². The van der Waals surface area contributed by atoms with Crippen molar-refractivity contribution >= 4 is 40.7 Å². The zero-order valence-electron chi connectivity index (χ0n) is 15.2. The second-order valence-electron chi connectivity index (χ2n) is 7.19. The van der Waals surface area contributed by atoms with Gasteiger partial charge in [0.1, 0.15) is 11.4 Å². The summed E-state index contributed by atoms with van der Waals surface area (Å²) in [6.45, 7) is 3.03. The van der Waals surface area contributed by atoms with Gasteiger partial charge in [0.2, 0.25) is 11.8 Å². The Morgan fingerprint density at radius 2 is 1.82 bits per heavy atom. The number of carbonyl (C=O) groups is 2. The highest BCUT2D eigenvalue weighted by Crippen LogP contribution is 2.35. The van der Waals surface area contributed by atoms with E-state index in [0.29, 0.717) is 15.7 Å². The Hall–Kier alpha value is -2.15. The molecule has 1 aliphatic rings. The van der Waals surface area contributed by atoms with E-state index in [9.17, 15) is 19.1 Å². The average Bonchev–Trinajstić information content (AvgIpc) is 2.89. The van der Waals surface area contributed by atoms with E-state index in [4.69, 9.17) is 23.2 Å². The number of aliphatic hydroxyl groups is 1. The van der Waals surface area contributed by atoms with E-state index in [2.05, 4.69) is 5.32 Å². The molecular formula is C20H19Cl2FN2O3. The standard InChI is InChI=1S/C20H19Cl2FN2O3/c1-20(2,19(28)24-13-8-11(21)7-12(22)9-13)25-10-16(26)17(18(25)27)14-5-3-4-6-15(14)23/h3-9,16-17,26H,10H2,1-2H3,(H,24,28). The van der Waals surface area contributed by atoms with Gasteiger partial charge in [0, 0.05) is 27.8 Å². The Bertz CT molecular complexity index is 915. The monoisotopic (exact) mass is 424 g/mol. The van der Waals surface area contributed by atoms with Crippen molar-refractivity contribution in [3.63, 3.8) is 0 Å². The summed E-state index contributed by atoms with van der Waals surface area (Å²) in [5.41, 5.74) is -0.805. The molecule has 0 aliphatic carbocycles. The van der Waals surface area contributed by atoms with E-state index in [-0.39, 0.29) is 12.1 Å². The minimum absolute atomic E-state index is 0.0887. The molecule has 0 saturated carbocycles. The van der Waals surface area contributed by atoms with Gasteiger partial charge < -0.3 is 15.3 Å². The highest BCUT2D eigenvalue weighted by atomic mass is 35.5. The topological polar surface area (TPSA) is 69.6 Å². The van der Waals surface area contributed by atoms with Gasteiger partial charge in [-0.05, 0) is 38.1 Å². The van der Waals surface area contributed by atoms with Crippen LogP contribution in [0.3, 0.4) is 0 Å². The molecule has 1 fully saturated rings. The zero-order chi connectivity index (χ0) is 20.6. The largest absolute Gasteiger partial charge is 0.390 e. The summed E-state index contributed by atoms with van der Waals surface area (Å²) >= 11 is 11.9. The van der Waals surface area contributed by atoms with Crippen LogP contribution in [0.25, 0.3) is 0 Å². The van der Waals surface area contributed by atoms with Gasteiger partial charge in [-0.25, -0.2) is 4.39 Å². The number of hydrogen-bond donors (Lipinski definition) is 2. The van der Waals surface area contributed by atoms with Crippen LogP contribution in [0, 0.1) is 5.82 Å². The lowest BCUT2D eigenvalue weighted by atomic mass is 9.94. The summed E-state index contributed by atoms with van der Waals surface area (Å²) in [5.74, 6) is -2.63. The fourth-order valence-corrected chi connectivity index (χ4v) is 3.84. The first-order valence-electron chi connectivity index (χ1n) is 8.63. The number of rotatable bonds is 4. The molecule has 2 unspecified atom stereocenters. The first-order chi connectivity index (χ1) is 13.1. The molecule has 0 spiro atoms. The summed E-state index contributed by atoms with van der Waals surface area (Å²) in [5, 5.41) is 13.8. The number of halogens is 3. The van der Waals surface area contributed by atoms with Crippen molar-refractivity contribution in [1.82, 2.24) is 4.90 Å². The van der Waals surface area contributed by atoms with Crippen LogP contribution in [-0.2, 0) is 9.59 Å². The van der Waals surface area contributed by atoms with E-state index in [1.807, 2.05) is 0 Å². The highest BCUT2D eigenvalue weighted by Gasteiger charge is 2.49. The van der Waals surface area contributed by atoms with Crippen LogP contribution in [-0.4, -0.2) is 40.0 Å².